The Morgan fingerprint density at radius 1 is 1.28 bits per heavy atom. The summed E-state index contributed by atoms with van der Waals surface area (Å²) < 4.78 is 0. The van der Waals surface area contributed by atoms with Crippen LogP contribution in [0.5, 0.6) is 0 Å². The van der Waals surface area contributed by atoms with E-state index < -0.39 is 0 Å². The van der Waals surface area contributed by atoms with Crippen LogP contribution >= 0.6 is 11.8 Å². The summed E-state index contributed by atoms with van der Waals surface area (Å²) >= 11 is 1.98. The fourth-order valence-electron chi connectivity index (χ4n) is 1.77. The van der Waals surface area contributed by atoms with E-state index in [2.05, 4.69) is 51.2 Å². The van der Waals surface area contributed by atoms with E-state index >= 15 is 0 Å². The minimum Gasteiger partial charge on any atom is -0.313 e. The molecule has 102 valence electrons. The SMILES string of the molecule is CCCNCc1ccc(SCCC(C)C)cc1C. The van der Waals surface area contributed by atoms with Gasteiger partial charge in [0, 0.05) is 11.4 Å². The van der Waals surface area contributed by atoms with Crippen LogP contribution in [-0.2, 0) is 6.54 Å². The largest absolute Gasteiger partial charge is 0.313 e. The summed E-state index contributed by atoms with van der Waals surface area (Å²) in [6.45, 7) is 11.1. The minimum atomic E-state index is 0.802. The molecule has 18 heavy (non-hydrogen) atoms. The molecule has 1 aromatic carbocycles. The maximum Gasteiger partial charge on any atom is 0.0208 e. The zero-order chi connectivity index (χ0) is 13.4. The van der Waals surface area contributed by atoms with Crippen molar-refractivity contribution in [1.29, 1.82) is 0 Å². The van der Waals surface area contributed by atoms with Gasteiger partial charge in [-0.05, 0) is 61.2 Å². The third-order valence-electron chi connectivity index (χ3n) is 3.02. The highest BCUT2D eigenvalue weighted by Gasteiger charge is 2.01. The predicted molar refractivity (Wildman–Crippen MR) is 83.4 cm³/mol. The third kappa shape index (κ3) is 5.92. The Kier molecular flexibility index (Phi) is 7.45. The number of hydrogen-bond acceptors (Lipinski definition) is 2. The van der Waals surface area contributed by atoms with Gasteiger partial charge in [0.15, 0.2) is 0 Å². The maximum absolute atomic E-state index is 3.46. The lowest BCUT2D eigenvalue weighted by Crippen LogP contribution is -2.14. The predicted octanol–water partition coefficient (Wildman–Crippen LogP) is 4.63. The van der Waals surface area contributed by atoms with Crippen molar-refractivity contribution < 1.29 is 0 Å². The Balaban J connectivity index is 2.45. The van der Waals surface area contributed by atoms with E-state index in [4.69, 9.17) is 0 Å². The van der Waals surface area contributed by atoms with E-state index in [-0.39, 0.29) is 0 Å². The summed E-state index contributed by atoms with van der Waals surface area (Å²) in [6, 6.07) is 6.87. The highest BCUT2D eigenvalue weighted by Crippen LogP contribution is 2.23. The molecule has 0 atom stereocenters. The average Bonchev–Trinajstić information content (AvgIpc) is 2.31. The molecule has 0 aromatic heterocycles. The van der Waals surface area contributed by atoms with Crippen LogP contribution in [0.1, 0.15) is 44.7 Å². The third-order valence-corrected chi connectivity index (χ3v) is 4.05. The van der Waals surface area contributed by atoms with Gasteiger partial charge in [-0.2, -0.15) is 0 Å². The van der Waals surface area contributed by atoms with Gasteiger partial charge in [-0.25, -0.2) is 0 Å². The molecule has 0 fully saturated rings. The second-order valence-electron chi connectivity index (χ2n) is 5.30. The molecule has 1 rings (SSSR count). The van der Waals surface area contributed by atoms with Crippen LogP contribution in [0.2, 0.25) is 0 Å². The first kappa shape index (κ1) is 15.6. The Labute approximate surface area is 117 Å². The van der Waals surface area contributed by atoms with Crippen LogP contribution in [0.4, 0.5) is 0 Å². The molecule has 0 bridgehead atoms. The quantitative estimate of drug-likeness (QED) is 0.543. The second-order valence-corrected chi connectivity index (χ2v) is 6.46. The zero-order valence-electron chi connectivity index (χ0n) is 12.3. The van der Waals surface area contributed by atoms with Crippen molar-refractivity contribution in [3.8, 4) is 0 Å². The van der Waals surface area contributed by atoms with Crippen LogP contribution in [-0.4, -0.2) is 12.3 Å². The van der Waals surface area contributed by atoms with E-state index in [0.29, 0.717) is 0 Å². The van der Waals surface area contributed by atoms with E-state index in [1.165, 1.54) is 34.6 Å². The molecule has 0 aliphatic rings. The number of hydrogen-bond donors (Lipinski definition) is 1. The first-order valence-corrected chi connectivity index (χ1v) is 8.05. The Bertz CT molecular complexity index is 347. The number of rotatable bonds is 8. The molecule has 0 radical (unpaired) electrons. The van der Waals surface area contributed by atoms with Gasteiger partial charge in [0.1, 0.15) is 0 Å². The van der Waals surface area contributed by atoms with Gasteiger partial charge in [0.25, 0.3) is 0 Å². The standard InChI is InChI=1S/C16H27NS/c1-5-9-17-12-15-6-7-16(11-14(15)4)18-10-8-13(2)3/h6-7,11,13,17H,5,8-10,12H2,1-4H3. The van der Waals surface area contributed by atoms with Crippen LogP contribution < -0.4 is 5.32 Å². The van der Waals surface area contributed by atoms with Gasteiger partial charge in [-0.15, -0.1) is 11.8 Å². The van der Waals surface area contributed by atoms with Gasteiger partial charge < -0.3 is 5.32 Å². The van der Waals surface area contributed by atoms with Crippen molar-refractivity contribution in [3.05, 3.63) is 29.3 Å². The van der Waals surface area contributed by atoms with E-state index in [9.17, 15) is 0 Å². The Hall–Kier alpha value is -0.470. The molecule has 0 spiro atoms. The van der Waals surface area contributed by atoms with Gasteiger partial charge in [0.2, 0.25) is 0 Å². The summed E-state index contributed by atoms with van der Waals surface area (Å²) in [7, 11) is 0. The van der Waals surface area contributed by atoms with Crippen LogP contribution in [0.25, 0.3) is 0 Å². The molecule has 0 heterocycles. The minimum absolute atomic E-state index is 0.802. The highest BCUT2D eigenvalue weighted by atomic mass is 32.2. The Morgan fingerprint density at radius 3 is 2.67 bits per heavy atom. The smallest absolute Gasteiger partial charge is 0.0208 e. The molecule has 0 saturated heterocycles. The van der Waals surface area contributed by atoms with E-state index in [0.717, 1.165) is 19.0 Å². The fraction of sp³-hybridized carbons (Fsp3) is 0.625. The van der Waals surface area contributed by atoms with Crippen molar-refractivity contribution in [3.63, 3.8) is 0 Å². The fourth-order valence-corrected chi connectivity index (χ4v) is 3.02. The van der Waals surface area contributed by atoms with Crippen molar-refractivity contribution in [1.82, 2.24) is 5.32 Å². The van der Waals surface area contributed by atoms with Gasteiger partial charge in [0.05, 0.1) is 0 Å². The van der Waals surface area contributed by atoms with Crippen molar-refractivity contribution in [2.75, 3.05) is 12.3 Å². The summed E-state index contributed by atoms with van der Waals surface area (Å²) in [4.78, 5) is 1.41. The molecule has 0 amide bonds. The van der Waals surface area contributed by atoms with Gasteiger partial charge in [-0.3, -0.25) is 0 Å². The van der Waals surface area contributed by atoms with Crippen LogP contribution in [0.3, 0.4) is 0 Å². The highest BCUT2D eigenvalue weighted by molar-refractivity contribution is 7.99. The monoisotopic (exact) mass is 265 g/mol. The normalized spacial score (nSPS) is 11.2. The summed E-state index contributed by atoms with van der Waals surface area (Å²) in [5.74, 6) is 2.03. The second kappa shape index (κ2) is 8.60. The Morgan fingerprint density at radius 2 is 2.06 bits per heavy atom. The maximum atomic E-state index is 3.46. The molecule has 1 aromatic rings. The first-order valence-electron chi connectivity index (χ1n) is 7.06. The lowest BCUT2D eigenvalue weighted by molar-refractivity contribution is 0.632. The molecular weight excluding hydrogens is 238 g/mol. The summed E-state index contributed by atoms with van der Waals surface area (Å²) in [6.07, 6.45) is 2.49. The van der Waals surface area contributed by atoms with Crippen molar-refractivity contribution in [2.45, 2.75) is 52.0 Å². The molecular formula is C16H27NS. The van der Waals surface area contributed by atoms with Crippen LogP contribution in [0, 0.1) is 12.8 Å². The zero-order valence-corrected chi connectivity index (χ0v) is 13.1. The number of aryl methyl sites for hydroxylation is 1. The van der Waals surface area contributed by atoms with Crippen LogP contribution in [0.15, 0.2) is 23.1 Å². The lowest BCUT2D eigenvalue weighted by Gasteiger charge is -2.10. The van der Waals surface area contributed by atoms with E-state index in [1.807, 2.05) is 11.8 Å². The van der Waals surface area contributed by atoms with Gasteiger partial charge >= 0.3 is 0 Å². The van der Waals surface area contributed by atoms with E-state index in [1.54, 1.807) is 0 Å². The average molecular weight is 265 g/mol. The topological polar surface area (TPSA) is 12.0 Å². The van der Waals surface area contributed by atoms with Gasteiger partial charge in [-0.1, -0.05) is 26.8 Å². The molecule has 0 saturated carbocycles. The number of nitrogens with one attached hydrogen (secondary N) is 1. The molecule has 1 nitrogen and oxygen atoms in total. The van der Waals surface area contributed by atoms with Crippen molar-refractivity contribution in [2.24, 2.45) is 5.92 Å². The molecule has 1 N–H and O–H groups in total. The molecule has 0 aliphatic heterocycles. The summed E-state index contributed by atoms with van der Waals surface area (Å²) in [5.41, 5.74) is 2.84. The first-order chi connectivity index (χ1) is 8.63. The summed E-state index contributed by atoms with van der Waals surface area (Å²) in [5, 5.41) is 3.46. The molecule has 0 unspecified atom stereocenters. The molecule has 0 aliphatic carbocycles. The van der Waals surface area contributed by atoms with Crippen molar-refractivity contribution >= 4 is 11.8 Å². The lowest BCUT2D eigenvalue weighted by atomic mass is 10.1. The molecule has 2 heteroatoms. The number of thioether (sulfide) groups is 1. The number of benzene rings is 1.